The molecule has 4 unspecified atom stereocenters. The fourth-order valence-corrected chi connectivity index (χ4v) is 3.19. The number of carboxylic acid groups (broad SMARTS) is 1. The summed E-state index contributed by atoms with van der Waals surface area (Å²) >= 11 is 0. The average molecular weight is 293 g/mol. The Kier molecular flexibility index (Phi) is 4.34. The smallest absolute Gasteiger partial charge is 0.307 e. The van der Waals surface area contributed by atoms with E-state index in [0.717, 1.165) is 11.3 Å². The monoisotopic (exact) mass is 293 g/mol. The summed E-state index contributed by atoms with van der Waals surface area (Å²) in [5, 5.41) is 16.4. The topological polar surface area (TPSA) is 84.2 Å². The lowest BCUT2D eigenvalue weighted by atomic mass is 9.95. The Bertz CT molecular complexity index is 552. The molecule has 116 valence electrons. The van der Waals surface area contributed by atoms with Crippen LogP contribution in [0.3, 0.4) is 0 Å². The Morgan fingerprint density at radius 1 is 1.43 bits per heavy atom. The first kappa shape index (κ1) is 15.5. The molecule has 1 saturated carbocycles. The molecule has 1 amide bonds. The van der Waals surface area contributed by atoms with E-state index in [0.29, 0.717) is 12.8 Å². The van der Waals surface area contributed by atoms with Crippen molar-refractivity contribution in [1.29, 1.82) is 0 Å². The molecule has 21 heavy (non-hydrogen) atoms. The molecule has 6 nitrogen and oxygen atoms in total. The van der Waals surface area contributed by atoms with Gasteiger partial charge >= 0.3 is 5.97 Å². The number of rotatable bonds is 4. The third-order valence-corrected chi connectivity index (χ3v) is 4.55. The number of carbonyl (C=O) groups is 2. The van der Waals surface area contributed by atoms with Gasteiger partial charge in [0.2, 0.25) is 5.91 Å². The molecular formula is C15H23N3O3. The number of nitrogens with zero attached hydrogens (tertiary/aromatic N) is 2. The van der Waals surface area contributed by atoms with Gasteiger partial charge in [0.1, 0.15) is 0 Å². The third kappa shape index (κ3) is 3.09. The summed E-state index contributed by atoms with van der Waals surface area (Å²) in [6, 6.07) is -0.170. The second-order valence-electron chi connectivity index (χ2n) is 6.17. The zero-order chi connectivity index (χ0) is 15.7. The van der Waals surface area contributed by atoms with Crippen molar-refractivity contribution < 1.29 is 14.7 Å². The van der Waals surface area contributed by atoms with Crippen molar-refractivity contribution in [2.45, 2.75) is 39.7 Å². The second-order valence-corrected chi connectivity index (χ2v) is 6.17. The minimum atomic E-state index is -0.871. The van der Waals surface area contributed by atoms with Crippen LogP contribution in [0.15, 0.2) is 6.20 Å². The Balaban J connectivity index is 2.07. The number of aromatic nitrogens is 2. The van der Waals surface area contributed by atoms with Gasteiger partial charge in [0.05, 0.1) is 24.1 Å². The highest BCUT2D eigenvalue weighted by Crippen LogP contribution is 2.37. The lowest BCUT2D eigenvalue weighted by molar-refractivity contribution is -0.146. The molecule has 2 rings (SSSR count). The third-order valence-electron chi connectivity index (χ3n) is 4.55. The van der Waals surface area contributed by atoms with Crippen LogP contribution in [0.4, 0.5) is 0 Å². The summed E-state index contributed by atoms with van der Waals surface area (Å²) < 4.78 is 1.76. The van der Waals surface area contributed by atoms with E-state index >= 15 is 0 Å². The van der Waals surface area contributed by atoms with Crippen molar-refractivity contribution in [3.8, 4) is 0 Å². The molecule has 1 aliphatic carbocycles. The minimum Gasteiger partial charge on any atom is -0.481 e. The standard InChI is InChI=1S/C15H23N3O3/c1-8-5-11(12(6-8)15(20)21)14(19)17-9(2)13-7-16-18(4)10(13)3/h7-9,11-12H,5-6H2,1-4H3,(H,17,19)(H,20,21). The van der Waals surface area contributed by atoms with Crippen molar-refractivity contribution in [2.75, 3.05) is 0 Å². The van der Waals surface area contributed by atoms with Gasteiger partial charge in [-0.25, -0.2) is 0 Å². The van der Waals surface area contributed by atoms with Gasteiger partial charge in [0, 0.05) is 18.3 Å². The molecule has 0 bridgehead atoms. The zero-order valence-corrected chi connectivity index (χ0v) is 13.0. The molecule has 0 spiro atoms. The van der Waals surface area contributed by atoms with Gasteiger partial charge in [-0.1, -0.05) is 6.92 Å². The highest BCUT2D eigenvalue weighted by atomic mass is 16.4. The first-order chi connectivity index (χ1) is 9.81. The van der Waals surface area contributed by atoms with E-state index in [9.17, 15) is 14.7 Å². The van der Waals surface area contributed by atoms with Gasteiger partial charge in [-0.3, -0.25) is 14.3 Å². The number of carbonyl (C=O) groups excluding carboxylic acids is 1. The summed E-state index contributed by atoms with van der Waals surface area (Å²) in [6.45, 7) is 5.84. The lowest BCUT2D eigenvalue weighted by Crippen LogP contribution is -2.36. The minimum absolute atomic E-state index is 0.164. The summed E-state index contributed by atoms with van der Waals surface area (Å²) in [6.07, 6.45) is 2.96. The summed E-state index contributed by atoms with van der Waals surface area (Å²) in [7, 11) is 1.85. The number of hydrogen-bond acceptors (Lipinski definition) is 3. The maximum atomic E-state index is 12.4. The quantitative estimate of drug-likeness (QED) is 0.884. The van der Waals surface area contributed by atoms with Crippen LogP contribution in [0.1, 0.15) is 44.0 Å². The normalized spacial score (nSPS) is 26.6. The summed E-state index contributed by atoms with van der Waals surface area (Å²) in [4.78, 5) is 23.7. The number of aryl methyl sites for hydroxylation is 1. The predicted octanol–water partition coefficient (Wildman–Crippen LogP) is 1.65. The number of amides is 1. The van der Waals surface area contributed by atoms with E-state index in [1.807, 2.05) is 27.8 Å². The first-order valence-electron chi connectivity index (χ1n) is 7.33. The number of carboxylic acids is 1. The van der Waals surface area contributed by atoms with Crippen LogP contribution in [0, 0.1) is 24.7 Å². The van der Waals surface area contributed by atoms with E-state index < -0.39 is 17.8 Å². The van der Waals surface area contributed by atoms with Crippen molar-refractivity contribution in [3.63, 3.8) is 0 Å². The van der Waals surface area contributed by atoms with Crippen LogP contribution in [-0.4, -0.2) is 26.8 Å². The van der Waals surface area contributed by atoms with E-state index in [1.54, 1.807) is 10.9 Å². The van der Waals surface area contributed by atoms with Crippen LogP contribution >= 0.6 is 0 Å². The SMILES string of the molecule is Cc1c(C(C)NC(=O)C2CC(C)CC2C(=O)O)cnn1C. The maximum Gasteiger partial charge on any atom is 0.307 e. The van der Waals surface area contributed by atoms with Crippen LogP contribution < -0.4 is 5.32 Å². The Labute approximate surface area is 124 Å². The molecule has 0 aromatic carbocycles. The number of hydrogen-bond donors (Lipinski definition) is 2. The van der Waals surface area contributed by atoms with E-state index in [2.05, 4.69) is 10.4 Å². The lowest BCUT2D eigenvalue weighted by Gasteiger charge is -2.19. The van der Waals surface area contributed by atoms with E-state index in [4.69, 9.17) is 0 Å². The van der Waals surface area contributed by atoms with Crippen molar-refractivity contribution in [2.24, 2.45) is 24.8 Å². The largest absolute Gasteiger partial charge is 0.481 e. The van der Waals surface area contributed by atoms with E-state index in [1.165, 1.54) is 0 Å². The molecule has 4 atom stereocenters. The first-order valence-corrected chi connectivity index (χ1v) is 7.33. The zero-order valence-electron chi connectivity index (χ0n) is 13.0. The fourth-order valence-electron chi connectivity index (χ4n) is 3.19. The molecule has 0 radical (unpaired) electrons. The molecular weight excluding hydrogens is 270 g/mol. The molecule has 2 N–H and O–H groups in total. The molecule has 0 aliphatic heterocycles. The highest BCUT2D eigenvalue weighted by Gasteiger charge is 2.41. The van der Waals surface area contributed by atoms with Crippen LogP contribution in [0.5, 0.6) is 0 Å². The Hall–Kier alpha value is -1.85. The van der Waals surface area contributed by atoms with Crippen LogP contribution in [0.25, 0.3) is 0 Å². The number of nitrogens with one attached hydrogen (secondary N) is 1. The average Bonchev–Trinajstić information content (AvgIpc) is 2.94. The Morgan fingerprint density at radius 3 is 2.57 bits per heavy atom. The fraction of sp³-hybridized carbons (Fsp3) is 0.667. The summed E-state index contributed by atoms with van der Waals surface area (Å²) in [5.74, 6) is -1.76. The van der Waals surface area contributed by atoms with Gasteiger partial charge in [0.25, 0.3) is 0 Å². The van der Waals surface area contributed by atoms with Gasteiger partial charge < -0.3 is 10.4 Å². The van der Waals surface area contributed by atoms with Crippen molar-refractivity contribution in [3.05, 3.63) is 17.5 Å². The highest BCUT2D eigenvalue weighted by molar-refractivity contribution is 5.85. The van der Waals surface area contributed by atoms with Crippen molar-refractivity contribution >= 4 is 11.9 Å². The van der Waals surface area contributed by atoms with Gasteiger partial charge in [-0.15, -0.1) is 0 Å². The molecule has 1 aromatic heterocycles. The molecule has 0 saturated heterocycles. The molecule has 1 fully saturated rings. The number of aliphatic carboxylic acids is 1. The van der Waals surface area contributed by atoms with Crippen LogP contribution in [-0.2, 0) is 16.6 Å². The Morgan fingerprint density at radius 2 is 2.05 bits per heavy atom. The molecule has 1 aliphatic rings. The second kappa shape index (κ2) is 5.87. The van der Waals surface area contributed by atoms with Gasteiger partial charge in [0.15, 0.2) is 0 Å². The maximum absolute atomic E-state index is 12.4. The predicted molar refractivity (Wildman–Crippen MR) is 77.5 cm³/mol. The van der Waals surface area contributed by atoms with Gasteiger partial charge in [-0.05, 0) is 32.6 Å². The van der Waals surface area contributed by atoms with Gasteiger partial charge in [-0.2, -0.15) is 5.10 Å². The molecule has 1 heterocycles. The van der Waals surface area contributed by atoms with Crippen molar-refractivity contribution in [1.82, 2.24) is 15.1 Å². The molecule has 6 heteroatoms. The van der Waals surface area contributed by atoms with Crippen LogP contribution in [0.2, 0.25) is 0 Å². The van der Waals surface area contributed by atoms with E-state index in [-0.39, 0.29) is 17.9 Å². The summed E-state index contributed by atoms with van der Waals surface area (Å²) in [5.41, 5.74) is 1.96. The molecule has 1 aromatic rings.